The third-order valence-corrected chi connectivity index (χ3v) is 5.01. The molecule has 0 radical (unpaired) electrons. The fraction of sp³-hybridized carbons (Fsp3) is 0.381. The summed E-state index contributed by atoms with van der Waals surface area (Å²) in [4.78, 5) is 16.1. The number of piperazine rings is 1. The molecule has 0 spiro atoms. The summed E-state index contributed by atoms with van der Waals surface area (Å²) in [6.45, 7) is 7.53. The maximum Gasteiger partial charge on any atom is 0.325 e. The lowest BCUT2D eigenvalue weighted by atomic mass is 10.0. The summed E-state index contributed by atoms with van der Waals surface area (Å²) < 4.78 is 13.9. The van der Waals surface area contributed by atoms with Crippen molar-refractivity contribution in [2.75, 3.05) is 26.2 Å². The van der Waals surface area contributed by atoms with Crippen LogP contribution in [0.5, 0.6) is 0 Å². The minimum absolute atomic E-state index is 0.355. The number of carboxylic acids is 1. The van der Waals surface area contributed by atoms with Crippen LogP contribution in [-0.2, 0) is 11.3 Å². The van der Waals surface area contributed by atoms with Gasteiger partial charge in [-0.2, -0.15) is 0 Å². The van der Waals surface area contributed by atoms with Crippen LogP contribution in [-0.4, -0.2) is 47.1 Å². The van der Waals surface area contributed by atoms with Gasteiger partial charge in [-0.3, -0.25) is 14.6 Å². The molecule has 2 aromatic rings. The van der Waals surface area contributed by atoms with Crippen molar-refractivity contribution in [2.45, 2.75) is 26.4 Å². The van der Waals surface area contributed by atoms with Crippen molar-refractivity contribution in [1.29, 1.82) is 0 Å². The largest absolute Gasteiger partial charge is 0.480 e. The van der Waals surface area contributed by atoms with Gasteiger partial charge in [0.05, 0.1) is 0 Å². The van der Waals surface area contributed by atoms with Gasteiger partial charge in [0.1, 0.15) is 11.9 Å². The molecule has 1 atom stereocenters. The zero-order valence-corrected chi connectivity index (χ0v) is 15.3. The van der Waals surface area contributed by atoms with Crippen LogP contribution in [0.15, 0.2) is 42.5 Å². The van der Waals surface area contributed by atoms with Gasteiger partial charge < -0.3 is 5.11 Å². The van der Waals surface area contributed by atoms with E-state index in [0.29, 0.717) is 24.2 Å². The van der Waals surface area contributed by atoms with Gasteiger partial charge >= 0.3 is 5.97 Å². The highest BCUT2D eigenvalue weighted by atomic mass is 19.1. The predicted molar refractivity (Wildman–Crippen MR) is 99.5 cm³/mol. The second kappa shape index (κ2) is 7.98. The molecule has 0 amide bonds. The lowest BCUT2D eigenvalue weighted by Gasteiger charge is -2.38. The fourth-order valence-corrected chi connectivity index (χ4v) is 3.54. The van der Waals surface area contributed by atoms with E-state index >= 15 is 0 Å². The van der Waals surface area contributed by atoms with Crippen molar-refractivity contribution >= 4 is 5.97 Å². The van der Waals surface area contributed by atoms with E-state index in [1.54, 1.807) is 19.1 Å². The SMILES string of the molecule is Cc1cccc(CN2CCN(C(C(=O)O)c3ccc(C)c(F)c3)CC2)c1. The van der Waals surface area contributed by atoms with Gasteiger partial charge in [-0.05, 0) is 36.6 Å². The second-order valence-electron chi connectivity index (χ2n) is 7.05. The van der Waals surface area contributed by atoms with E-state index in [2.05, 4.69) is 36.1 Å². The number of carbonyl (C=O) groups is 1. The monoisotopic (exact) mass is 356 g/mol. The predicted octanol–water partition coefficient (Wildman–Crippen LogP) is 3.39. The average Bonchev–Trinajstić information content (AvgIpc) is 2.59. The molecule has 1 aliphatic rings. The molecule has 5 heteroatoms. The maximum atomic E-state index is 13.9. The smallest absolute Gasteiger partial charge is 0.325 e. The number of carboxylic acid groups (broad SMARTS) is 1. The van der Waals surface area contributed by atoms with Crippen LogP contribution in [0.4, 0.5) is 4.39 Å². The highest BCUT2D eigenvalue weighted by Crippen LogP contribution is 2.25. The van der Waals surface area contributed by atoms with E-state index in [-0.39, 0.29) is 5.82 Å². The summed E-state index contributed by atoms with van der Waals surface area (Å²) in [5.74, 6) is -1.28. The Kier molecular flexibility index (Phi) is 5.69. The number of aliphatic carboxylic acids is 1. The summed E-state index contributed by atoms with van der Waals surface area (Å²) >= 11 is 0. The molecule has 4 nitrogen and oxygen atoms in total. The Labute approximate surface area is 153 Å². The Balaban J connectivity index is 1.66. The molecule has 3 rings (SSSR count). The summed E-state index contributed by atoms with van der Waals surface area (Å²) in [6, 6.07) is 12.4. The molecule has 1 fully saturated rings. The van der Waals surface area contributed by atoms with Crippen LogP contribution >= 0.6 is 0 Å². The van der Waals surface area contributed by atoms with Crippen LogP contribution in [0.2, 0.25) is 0 Å². The van der Waals surface area contributed by atoms with Gasteiger partial charge in [-0.25, -0.2) is 4.39 Å². The Bertz CT molecular complexity index is 785. The quantitative estimate of drug-likeness (QED) is 0.892. The molecule has 138 valence electrons. The minimum Gasteiger partial charge on any atom is -0.480 e. The third-order valence-electron chi connectivity index (χ3n) is 5.01. The lowest BCUT2D eigenvalue weighted by Crippen LogP contribution is -2.48. The van der Waals surface area contributed by atoms with Crippen molar-refractivity contribution in [1.82, 2.24) is 9.80 Å². The van der Waals surface area contributed by atoms with E-state index in [1.807, 2.05) is 4.90 Å². The van der Waals surface area contributed by atoms with Gasteiger partial charge in [-0.1, -0.05) is 42.0 Å². The van der Waals surface area contributed by atoms with Crippen LogP contribution < -0.4 is 0 Å². The molecule has 1 N–H and O–H groups in total. The van der Waals surface area contributed by atoms with Crippen molar-refractivity contribution < 1.29 is 14.3 Å². The topological polar surface area (TPSA) is 43.8 Å². The molecule has 0 bridgehead atoms. The number of hydrogen-bond donors (Lipinski definition) is 1. The normalized spacial score (nSPS) is 17.2. The molecule has 1 unspecified atom stereocenters. The van der Waals surface area contributed by atoms with E-state index in [9.17, 15) is 14.3 Å². The number of hydrogen-bond acceptors (Lipinski definition) is 3. The van der Waals surface area contributed by atoms with Gasteiger partial charge in [0.2, 0.25) is 0 Å². The first-order valence-electron chi connectivity index (χ1n) is 8.95. The van der Waals surface area contributed by atoms with Crippen LogP contribution in [0, 0.1) is 19.7 Å². The molecule has 1 aliphatic heterocycles. The van der Waals surface area contributed by atoms with E-state index < -0.39 is 12.0 Å². The molecular weight excluding hydrogens is 331 g/mol. The van der Waals surface area contributed by atoms with Crippen molar-refractivity contribution in [3.8, 4) is 0 Å². The first-order chi connectivity index (χ1) is 12.4. The van der Waals surface area contributed by atoms with Crippen LogP contribution in [0.25, 0.3) is 0 Å². The number of benzene rings is 2. The maximum absolute atomic E-state index is 13.9. The number of nitrogens with zero attached hydrogens (tertiary/aromatic N) is 2. The van der Waals surface area contributed by atoms with E-state index in [0.717, 1.165) is 19.6 Å². The highest BCUT2D eigenvalue weighted by Gasteiger charge is 2.30. The summed E-state index contributed by atoms with van der Waals surface area (Å²) in [7, 11) is 0. The molecule has 1 saturated heterocycles. The molecule has 26 heavy (non-hydrogen) atoms. The van der Waals surface area contributed by atoms with Gasteiger partial charge in [0.15, 0.2) is 0 Å². The van der Waals surface area contributed by atoms with E-state index in [1.165, 1.54) is 17.2 Å². The molecule has 2 aromatic carbocycles. The fourth-order valence-electron chi connectivity index (χ4n) is 3.54. The molecule has 1 heterocycles. The number of rotatable bonds is 5. The summed E-state index contributed by atoms with van der Waals surface area (Å²) in [5.41, 5.74) is 3.55. The second-order valence-corrected chi connectivity index (χ2v) is 7.05. The van der Waals surface area contributed by atoms with Gasteiger partial charge in [0.25, 0.3) is 0 Å². The lowest BCUT2D eigenvalue weighted by molar-refractivity contribution is -0.144. The van der Waals surface area contributed by atoms with Crippen molar-refractivity contribution in [3.63, 3.8) is 0 Å². The first kappa shape index (κ1) is 18.5. The summed E-state index contributed by atoms with van der Waals surface area (Å²) in [5, 5.41) is 9.69. The minimum atomic E-state index is -0.930. The Morgan fingerprint density at radius 3 is 2.46 bits per heavy atom. The van der Waals surface area contributed by atoms with Gasteiger partial charge in [0, 0.05) is 32.7 Å². The molecular formula is C21H25FN2O2. The first-order valence-corrected chi connectivity index (χ1v) is 8.95. The number of aryl methyl sites for hydroxylation is 2. The van der Waals surface area contributed by atoms with Crippen LogP contribution in [0.3, 0.4) is 0 Å². The number of halogens is 1. The van der Waals surface area contributed by atoms with Crippen molar-refractivity contribution in [3.05, 3.63) is 70.5 Å². The molecule has 0 saturated carbocycles. The highest BCUT2D eigenvalue weighted by molar-refractivity contribution is 5.75. The zero-order valence-electron chi connectivity index (χ0n) is 15.3. The Morgan fingerprint density at radius 2 is 1.85 bits per heavy atom. The Morgan fingerprint density at radius 1 is 1.12 bits per heavy atom. The van der Waals surface area contributed by atoms with E-state index in [4.69, 9.17) is 0 Å². The molecule has 0 aromatic heterocycles. The van der Waals surface area contributed by atoms with Gasteiger partial charge in [-0.15, -0.1) is 0 Å². The average molecular weight is 356 g/mol. The zero-order chi connectivity index (χ0) is 18.7. The van der Waals surface area contributed by atoms with Crippen LogP contribution in [0.1, 0.15) is 28.3 Å². The third kappa shape index (κ3) is 4.29. The summed E-state index contributed by atoms with van der Waals surface area (Å²) in [6.07, 6.45) is 0. The standard InChI is InChI=1S/C21H25FN2O2/c1-15-4-3-5-17(12-15)14-23-8-10-24(11-9-23)20(21(25)26)18-7-6-16(2)19(22)13-18/h3-7,12-13,20H,8-11,14H2,1-2H3,(H,25,26). The Hall–Kier alpha value is -2.24. The molecule has 0 aliphatic carbocycles. The van der Waals surface area contributed by atoms with Crippen molar-refractivity contribution in [2.24, 2.45) is 0 Å².